The monoisotopic (exact) mass is 358 g/mol. The lowest BCUT2D eigenvalue weighted by atomic mass is 10.2. The van der Waals surface area contributed by atoms with Gasteiger partial charge >= 0.3 is 22.2 Å². The molecule has 3 N–H and O–H groups in total. The number of amides is 1. The van der Waals surface area contributed by atoms with E-state index in [1.165, 1.54) is 18.2 Å². The van der Waals surface area contributed by atoms with Crippen LogP contribution >= 0.6 is 0 Å². The molecule has 0 aliphatic rings. The van der Waals surface area contributed by atoms with Crippen molar-refractivity contribution < 1.29 is 26.9 Å². The number of alkyl carbamates (subject to hydrolysis) is 1. The number of hydrogen-bond donors (Lipinski definition) is 2. The third-order valence-electron chi connectivity index (χ3n) is 2.64. The van der Waals surface area contributed by atoms with E-state index in [-0.39, 0.29) is 11.4 Å². The summed E-state index contributed by atoms with van der Waals surface area (Å²) in [5, 5.41) is 2.27. The Hall–Kier alpha value is -2.13. The van der Waals surface area contributed by atoms with E-state index >= 15 is 0 Å². The van der Waals surface area contributed by atoms with E-state index in [1.54, 1.807) is 33.8 Å². The standard InChI is InChI=1S/C15H22N2O6S/c1-10-6-5-7-11(8-10)24(20,21)23-13(18)12(16)9-17-14(19)22-15(2,3)4/h5-8,12H,9,16H2,1-4H3,(H,17,19)/t12-/m0/s1. The summed E-state index contributed by atoms with van der Waals surface area (Å²) in [6.45, 7) is 6.41. The van der Waals surface area contributed by atoms with Gasteiger partial charge in [0.15, 0.2) is 0 Å². The molecule has 1 rings (SSSR count). The number of rotatable bonds is 5. The number of nitrogens with one attached hydrogen (secondary N) is 1. The first-order valence-corrected chi connectivity index (χ1v) is 8.59. The number of aryl methyl sites for hydroxylation is 1. The Morgan fingerprint density at radius 2 is 1.92 bits per heavy atom. The van der Waals surface area contributed by atoms with Crippen molar-refractivity contribution in [1.82, 2.24) is 5.32 Å². The maximum absolute atomic E-state index is 12.0. The fraction of sp³-hybridized carbons (Fsp3) is 0.467. The molecule has 0 spiro atoms. The first kappa shape index (κ1) is 19.9. The molecule has 1 amide bonds. The summed E-state index contributed by atoms with van der Waals surface area (Å²) in [7, 11) is -4.27. The molecule has 0 radical (unpaired) electrons. The maximum Gasteiger partial charge on any atom is 0.407 e. The lowest BCUT2D eigenvalue weighted by Crippen LogP contribution is -2.45. The molecule has 0 bridgehead atoms. The van der Waals surface area contributed by atoms with E-state index in [1.807, 2.05) is 0 Å². The highest BCUT2D eigenvalue weighted by Crippen LogP contribution is 2.14. The second-order valence-electron chi connectivity index (χ2n) is 6.16. The molecule has 0 heterocycles. The molecule has 0 saturated carbocycles. The van der Waals surface area contributed by atoms with Crippen LogP contribution in [0.1, 0.15) is 26.3 Å². The summed E-state index contributed by atoms with van der Waals surface area (Å²) in [6.07, 6.45) is -0.771. The number of carbonyl (C=O) groups is 2. The average molecular weight is 358 g/mol. The topological polar surface area (TPSA) is 125 Å². The molecule has 8 nitrogen and oxygen atoms in total. The van der Waals surface area contributed by atoms with E-state index in [4.69, 9.17) is 10.5 Å². The molecule has 1 aromatic rings. The quantitative estimate of drug-likeness (QED) is 0.754. The Balaban J connectivity index is 2.62. The molecule has 9 heteroatoms. The fourth-order valence-electron chi connectivity index (χ4n) is 1.58. The van der Waals surface area contributed by atoms with Gasteiger partial charge in [-0.05, 0) is 45.4 Å². The van der Waals surface area contributed by atoms with Crippen LogP contribution < -0.4 is 11.1 Å². The van der Waals surface area contributed by atoms with Gasteiger partial charge in [0.1, 0.15) is 16.5 Å². The molecular weight excluding hydrogens is 336 g/mol. The van der Waals surface area contributed by atoms with Gasteiger partial charge in [0.05, 0.1) is 0 Å². The fourth-order valence-corrected chi connectivity index (χ4v) is 2.59. The molecule has 0 fully saturated rings. The Labute approximate surface area is 141 Å². The van der Waals surface area contributed by atoms with Gasteiger partial charge in [0, 0.05) is 6.54 Å². The van der Waals surface area contributed by atoms with Gasteiger partial charge in [-0.3, -0.25) is 0 Å². The molecule has 0 unspecified atom stereocenters. The average Bonchev–Trinajstić information content (AvgIpc) is 2.42. The third kappa shape index (κ3) is 6.55. The largest absolute Gasteiger partial charge is 0.444 e. The van der Waals surface area contributed by atoms with Crippen LogP contribution in [0.5, 0.6) is 0 Å². The molecule has 134 valence electrons. The molecule has 0 aromatic heterocycles. The van der Waals surface area contributed by atoms with E-state index in [2.05, 4.69) is 9.50 Å². The van der Waals surface area contributed by atoms with E-state index in [9.17, 15) is 18.0 Å². The number of benzene rings is 1. The van der Waals surface area contributed by atoms with Crippen LogP contribution in [0.4, 0.5) is 4.79 Å². The highest BCUT2D eigenvalue weighted by atomic mass is 32.2. The molecular formula is C15H22N2O6S. The van der Waals surface area contributed by atoms with Crippen LogP contribution in [0.2, 0.25) is 0 Å². The van der Waals surface area contributed by atoms with E-state index in [0.717, 1.165) is 0 Å². The minimum absolute atomic E-state index is 0.150. The normalized spacial score (nSPS) is 13.0. The maximum atomic E-state index is 12.0. The minimum Gasteiger partial charge on any atom is -0.444 e. The van der Waals surface area contributed by atoms with Crippen molar-refractivity contribution >= 4 is 22.2 Å². The number of ether oxygens (including phenoxy) is 1. The predicted octanol–water partition coefficient (Wildman–Crippen LogP) is 1.08. The Kier molecular flexibility index (Phi) is 6.33. The third-order valence-corrected chi connectivity index (χ3v) is 3.85. The zero-order chi connectivity index (χ0) is 18.5. The molecule has 0 saturated heterocycles. The van der Waals surface area contributed by atoms with Gasteiger partial charge in [0.2, 0.25) is 0 Å². The molecule has 0 aliphatic heterocycles. The molecule has 24 heavy (non-hydrogen) atoms. The van der Waals surface area contributed by atoms with Crippen molar-refractivity contribution in [2.24, 2.45) is 5.73 Å². The van der Waals surface area contributed by atoms with Crippen molar-refractivity contribution in [3.8, 4) is 0 Å². The van der Waals surface area contributed by atoms with Gasteiger partial charge in [-0.25, -0.2) is 9.59 Å². The van der Waals surface area contributed by atoms with Crippen LogP contribution in [0, 0.1) is 6.92 Å². The molecule has 1 aromatic carbocycles. The van der Waals surface area contributed by atoms with Gasteiger partial charge in [-0.1, -0.05) is 12.1 Å². The van der Waals surface area contributed by atoms with Crippen LogP contribution in [0.25, 0.3) is 0 Å². The SMILES string of the molecule is Cc1cccc(S(=O)(=O)OC(=O)[C@@H](N)CNC(=O)OC(C)(C)C)c1. The summed E-state index contributed by atoms with van der Waals surface area (Å²) < 4.78 is 33.5. The van der Waals surface area contributed by atoms with Gasteiger partial charge in [0.25, 0.3) is 0 Å². The van der Waals surface area contributed by atoms with Crippen LogP contribution in [0.15, 0.2) is 29.2 Å². The predicted molar refractivity (Wildman–Crippen MR) is 86.7 cm³/mol. The van der Waals surface area contributed by atoms with Crippen LogP contribution in [-0.4, -0.2) is 38.7 Å². The highest BCUT2D eigenvalue weighted by Gasteiger charge is 2.26. The molecule has 1 atom stereocenters. The first-order chi connectivity index (χ1) is 10.9. The van der Waals surface area contributed by atoms with E-state index in [0.29, 0.717) is 5.56 Å². The van der Waals surface area contributed by atoms with Crippen LogP contribution in [-0.2, 0) is 23.8 Å². The Morgan fingerprint density at radius 1 is 1.29 bits per heavy atom. The minimum atomic E-state index is -4.27. The zero-order valence-corrected chi connectivity index (χ0v) is 14.8. The van der Waals surface area contributed by atoms with Gasteiger partial charge in [-0.2, -0.15) is 8.42 Å². The Morgan fingerprint density at radius 3 is 2.46 bits per heavy atom. The lowest BCUT2D eigenvalue weighted by molar-refractivity contribution is -0.135. The van der Waals surface area contributed by atoms with Crippen molar-refractivity contribution in [2.45, 2.75) is 44.2 Å². The number of hydrogen-bond acceptors (Lipinski definition) is 7. The van der Waals surface area contributed by atoms with Crippen molar-refractivity contribution in [3.05, 3.63) is 29.8 Å². The first-order valence-electron chi connectivity index (χ1n) is 7.18. The summed E-state index contributed by atoms with van der Waals surface area (Å²) in [6, 6.07) is 4.56. The van der Waals surface area contributed by atoms with Crippen LogP contribution in [0.3, 0.4) is 0 Å². The van der Waals surface area contributed by atoms with Gasteiger partial charge < -0.3 is 20.0 Å². The summed E-state index contributed by atoms with van der Waals surface area (Å²) >= 11 is 0. The second kappa shape index (κ2) is 7.63. The summed E-state index contributed by atoms with van der Waals surface area (Å²) in [4.78, 5) is 23.1. The van der Waals surface area contributed by atoms with Crippen molar-refractivity contribution in [1.29, 1.82) is 0 Å². The molecule has 0 aliphatic carbocycles. The lowest BCUT2D eigenvalue weighted by Gasteiger charge is -2.20. The summed E-state index contributed by atoms with van der Waals surface area (Å²) in [5.41, 5.74) is 5.53. The highest BCUT2D eigenvalue weighted by molar-refractivity contribution is 7.87. The van der Waals surface area contributed by atoms with Crippen molar-refractivity contribution in [2.75, 3.05) is 6.54 Å². The van der Waals surface area contributed by atoms with Crippen molar-refractivity contribution in [3.63, 3.8) is 0 Å². The smallest absolute Gasteiger partial charge is 0.407 e. The summed E-state index contributed by atoms with van der Waals surface area (Å²) in [5.74, 6) is -1.17. The number of nitrogens with two attached hydrogens (primary N) is 1. The van der Waals surface area contributed by atoms with E-state index < -0.39 is 33.8 Å². The zero-order valence-electron chi connectivity index (χ0n) is 14.0. The van der Waals surface area contributed by atoms with Gasteiger partial charge in [-0.15, -0.1) is 0 Å². The number of carbonyl (C=O) groups excluding carboxylic acids is 2. The second-order valence-corrected chi connectivity index (χ2v) is 7.71. The Bertz CT molecular complexity index is 709.